The lowest BCUT2D eigenvalue weighted by atomic mass is 9.95. The van der Waals surface area contributed by atoms with Gasteiger partial charge in [0, 0.05) is 12.1 Å². The number of rotatable bonds is 7. The molecule has 5 rings (SSSR count). The Morgan fingerprint density at radius 3 is 2.74 bits per heavy atom. The molecule has 0 bridgehead atoms. The largest absolute Gasteiger partial charge is 0.497 e. The van der Waals surface area contributed by atoms with Crippen LogP contribution in [0, 0.1) is 10.1 Å². The van der Waals surface area contributed by atoms with Crippen molar-refractivity contribution in [2.45, 2.75) is 19.9 Å². The maximum atomic E-state index is 13.8. The zero-order valence-electron chi connectivity index (χ0n) is 21.2. The molecule has 1 atom stereocenters. The molecule has 0 radical (unpaired) electrons. The number of para-hydroxylation sites is 1. The minimum atomic E-state index is -0.781. The number of carbonyl (C=O) groups is 1. The minimum absolute atomic E-state index is 0.0852. The van der Waals surface area contributed by atoms with Crippen LogP contribution in [0.5, 0.6) is 5.75 Å². The number of hydrogen-bond donors (Lipinski definition) is 0. The quantitative estimate of drug-likeness (QED) is 0.195. The summed E-state index contributed by atoms with van der Waals surface area (Å²) in [6.45, 7) is 3.60. The average Bonchev–Trinajstić information content (AvgIpc) is 3.52. The Morgan fingerprint density at radius 1 is 1.21 bits per heavy atom. The molecule has 0 aliphatic carbocycles. The Kier molecular flexibility index (Phi) is 6.99. The van der Waals surface area contributed by atoms with Crippen molar-refractivity contribution in [3.05, 3.63) is 113 Å². The zero-order valence-corrected chi connectivity index (χ0v) is 22.1. The maximum Gasteiger partial charge on any atom is 0.338 e. The van der Waals surface area contributed by atoms with Crippen LogP contribution in [-0.4, -0.2) is 29.2 Å². The van der Waals surface area contributed by atoms with Gasteiger partial charge in [0.1, 0.15) is 17.3 Å². The third-order valence-corrected chi connectivity index (χ3v) is 7.18. The van der Waals surface area contributed by atoms with Crippen molar-refractivity contribution in [2.75, 3.05) is 13.7 Å². The highest BCUT2D eigenvalue weighted by molar-refractivity contribution is 7.07. The number of furan rings is 1. The lowest BCUT2D eigenvalue weighted by Gasteiger charge is -2.24. The molecule has 1 unspecified atom stereocenters. The van der Waals surface area contributed by atoms with Gasteiger partial charge in [-0.1, -0.05) is 35.6 Å². The van der Waals surface area contributed by atoms with Crippen LogP contribution in [0.4, 0.5) is 5.69 Å². The molecule has 0 fully saturated rings. The number of ether oxygens (including phenoxy) is 2. The van der Waals surface area contributed by atoms with Crippen molar-refractivity contribution < 1.29 is 23.6 Å². The van der Waals surface area contributed by atoms with Crippen LogP contribution in [-0.2, 0) is 9.53 Å². The van der Waals surface area contributed by atoms with E-state index in [0.29, 0.717) is 43.4 Å². The van der Waals surface area contributed by atoms with Crippen molar-refractivity contribution in [1.82, 2.24) is 4.57 Å². The normalized spacial score (nSPS) is 15.1. The highest BCUT2D eigenvalue weighted by Gasteiger charge is 2.33. The number of aromatic nitrogens is 1. The van der Waals surface area contributed by atoms with Gasteiger partial charge >= 0.3 is 5.97 Å². The number of methoxy groups -OCH3 is 1. The van der Waals surface area contributed by atoms with Crippen molar-refractivity contribution in [2.24, 2.45) is 4.99 Å². The van der Waals surface area contributed by atoms with E-state index in [1.807, 2.05) is 6.07 Å². The third-order valence-electron chi connectivity index (χ3n) is 6.19. The number of thiazole rings is 1. The smallest absolute Gasteiger partial charge is 0.338 e. The van der Waals surface area contributed by atoms with Crippen LogP contribution in [0.2, 0.25) is 0 Å². The first kappa shape index (κ1) is 25.9. The number of nitro benzene ring substituents is 1. The van der Waals surface area contributed by atoms with E-state index in [9.17, 15) is 19.7 Å². The highest BCUT2D eigenvalue weighted by Crippen LogP contribution is 2.33. The first-order chi connectivity index (χ1) is 18.8. The van der Waals surface area contributed by atoms with Gasteiger partial charge < -0.3 is 13.9 Å². The Labute approximate surface area is 225 Å². The molecule has 198 valence electrons. The summed E-state index contributed by atoms with van der Waals surface area (Å²) in [6, 6.07) is 15.9. The summed E-state index contributed by atoms with van der Waals surface area (Å²) < 4.78 is 18.4. The van der Waals surface area contributed by atoms with Gasteiger partial charge in [-0.05, 0) is 49.7 Å². The summed E-state index contributed by atoms with van der Waals surface area (Å²) in [4.78, 5) is 42.7. The second kappa shape index (κ2) is 10.5. The molecular formula is C28H23N3O7S. The molecule has 0 saturated carbocycles. The first-order valence-electron chi connectivity index (χ1n) is 12.0. The molecule has 3 heterocycles. The van der Waals surface area contributed by atoms with Gasteiger partial charge in [0.05, 0.1) is 46.0 Å². The number of esters is 1. The molecule has 11 heteroatoms. The number of nitro groups is 1. The summed E-state index contributed by atoms with van der Waals surface area (Å²) >= 11 is 1.15. The predicted octanol–water partition coefficient (Wildman–Crippen LogP) is 3.98. The molecule has 1 aliphatic rings. The Morgan fingerprint density at radius 2 is 2.00 bits per heavy atom. The average molecular weight is 546 g/mol. The first-order valence-corrected chi connectivity index (χ1v) is 12.8. The zero-order chi connectivity index (χ0) is 27.7. The molecule has 39 heavy (non-hydrogen) atoms. The summed E-state index contributed by atoms with van der Waals surface area (Å²) in [5, 5.41) is 11.4. The Hall–Kier alpha value is -4.77. The van der Waals surface area contributed by atoms with Gasteiger partial charge in [0.25, 0.3) is 11.2 Å². The Bertz CT molecular complexity index is 1810. The number of benzene rings is 2. The van der Waals surface area contributed by atoms with Crippen molar-refractivity contribution in [1.29, 1.82) is 0 Å². The van der Waals surface area contributed by atoms with Gasteiger partial charge in [0.2, 0.25) is 0 Å². The molecular weight excluding hydrogens is 522 g/mol. The van der Waals surface area contributed by atoms with Crippen LogP contribution in [0.15, 0.2) is 86.1 Å². The maximum absolute atomic E-state index is 13.8. The molecule has 0 N–H and O–H groups in total. The standard InChI is InChI=1S/C28H23N3O7S/c1-4-37-27(33)24-16(2)29-28-30(25(24)17-8-7-9-18(14-17)36-3)26(32)23(39-28)15-19-12-13-22(38-19)20-10-5-6-11-21(20)31(34)35/h5-15,25H,4H2,1-3H3/b23-15-. The molecule has 1 aliphatic heterocycles. The molecule has 10 nitrogen and oxygen atoms in total. The van der Waals surface area contributed by atoms with E-state index in [1.165, 1.54) is 10.6 Å². The topological polar surface area (TPSA) is 126 Å². The molecule has 2 aromatic carbocycles. The van der Waals surface area contributed by atoms with Gasteiger partial charge in [-0.25, -0.2) is 9.79 Å². The second-order valence-electron chi connectivity index (χ2n) is 8.56. The van der Waals surface area contributed by atoms with Crippen molar-refractivity contribution in [3.63, 3.8) is 0 Å². The van der Waals surface area contributed by atoms with E-state index in [0.717, 1.165) is 11.3 Å². The van der Waals surface area contributed by atoms with Crippen molar-refractivity contribution in [3.8, 4) is 17.1 Å². The fourth-order valence-electron chi connectivity index (χ4n) is 4.46. The predicted molar refractivity (Wildman–Crippen MR) is 144 cm³/mol. The number of carbonyl (C=O) groups excluding carboxylic acids is 1. The molecule has 0 amide bonds. The molecule has 4 aromatic rings. The fraction of sp³-hybridized carbons (Fsp3) is 0.179. The second-order valence-corrected chi connectivity index (χ2v) is 9.56. The van der Waals surface area contributed by atoms with Gasteiger partial charge in [-0.3, -0.25) is 19.5 Å². The Balaban J connectivity index is 1.65. The van der Waals surface area contributed by atoms with E-state index < -0.39 is 16.9 Å². The van der Waals surface area contributed by atoms with Crippen molar-refractivity contribution >= 4 is 29.1 Å². The van der Waals surface area contributed by atoms with E-state index in [-0.39, 0.29) is 23.4 Å². The SMILES string of the molecule is CCOC(=O)C1=C(C)N=c2s/c(=C\c3ccc(-c4ccccc4[N+](=O)[O-])o3)c(=O)n2C1c1cccc(OC)c1. The summed E-state index contributed by atoms with van der Waals surface area (Å²) in [5.41, 5.74) is 1.25. The molecule has 0 spiro atoms. The third kappa shape index (κ3) is 4.79. The number of allylic oxidation sites excluding steroid dienone is 1. The number of fused-ring (bicyclic) bond motifs is 1. The van der Waals surface area contributed by atoms with E-state index in [2.05, 4.69) is 4.99 Å². The van der Waals surface area contributed by atoms with Gasteiger partial charge in [0.15, 0.2) is 4.80 Å². The minimum Gasteiger partial charge on any atom is -0.497 e. The van der Waals surface area contributed by atoms with E-state index >= 15 is 0 Å². The van der Waals surface area contributed by atoms with Crippen LogP contribution in [0.1, 0.15) is 31.2 Å². The monoisotopic (exact) mass is 545 g/mol. The van der Waals surface area contributed by atoms with E-state index in [4.69, 9.17) is 13.9 Å². The van der Waals surface area contributed by atoms with Gasteiger partial charge in [-0.15, -0.1) is 0 Å². The van der Waals surface area contributed by atoms with Crippen LogP contribution in [0.25, 0.3) is 17.4 Å². The highest BCUT2D eigenvalue weighted by atomic mass is 32.1. The lowest BCUT2D eigenvalue weighted by molar-refractivity contribution is -0.384. The fourth-order valence-corrected chi connectivity index (χ4v) is 5.49. The summed E-state index contributed by atoms with van der Waals surface area (Å²) in [7, 11) is 1.54. The number of hydrogen-bond acceptors (Lipinski definition) is 9. The summed E-state index contributed by atoms with van der Waals surface area (Å²) in [5.74, 6) is 0.662. The number of nitrogens with zero attached hydrogens (tertiary/aromatic N) is 3. The molecule has 0 saturated heterocycles. The van der Waals surface area contributed by atoms with E-state index in [1.54, 1.807) is 75.6 Å². The van der Waals surface area contributed by atoms with Gasteiger partial charge in [-0.2, -0.15) is 0 Å². The molecule has 2 aromatic heterocycles. The van der Waals surface area contributed by atoms with Crippen LogP contribution >= 0.6 is 11.3 Å². The van der Waals surface area contributed by atoms with Crippen LogP contribution < -0.4 is 19.6 Å². The lowest BCUT2D eigenvalue weighted by Crippen LogP contribution is -2.39. The summed E-state index contributed by atoms with van der Waals surface area (Å²) in [6.07, 6.45) is 1.56. The van der Waals surface area contributed by atoms with Crippen LogP contribution in [0.3, 0.4) is 0 Å².